The van der Waals surface area contributed by atoms with E-state index in [0.29, 0.717) is 0 Å². The van der Waals surface area contributed by atoms with E-state index < -0.39 is 0 Å². The summed E-state index contributed by atoms with van der Waals surface area (Å²) in [5, 5.41) is 7.99. The number of nitrogens with zero attached hydrogens (tertiary/aromatic N) is 4. The number of hydrogen-bond acceptors (Lipinski definition) is 4. The number of nitrogens with one attached hydrogen (secondary N) is 1. The van der Waals surface area contributed by atoms with Crippen LogP contribution in [-0.4, -0.2) is 19.2 Å². The number of hydrogen-bond donors (Lipinski definition) is 1. The van der Waals surface area contributed by atoms with Crippen LogP contribution in [0.1, 0.15) is 33.2 Å². The first kappa shape index (κ1) is 14.3. The van der Waals surface area contributed by atoms with E-state index in [-0.39, 0.29) is 0 Å². The van der Waals surface area contributed by atoms with Crippen LogP contribution in [-0.2, 0) is 20.1 Å². The quantitative estimate of drug-likeness (QED) is 0.806. The highest BCUT2D eigenvalue weighted by Gasteiger charge is 2.12. The van der Waals surface area contributed by atoms with Gasteiger partial charge in [0.25, 0.3) is 0 Å². The lowest BCUT2D eigenvalue weighted by atomic mass is 10.2. The smallest absolute Gasteiger partial charge is 0.194 e. The summed E-state index contributed by atoms with van der Waals surface area (Å²) in [7, 11) is 1.99. The lowest BCUT2D eigenvalue weighted by Gasteiger charge is -2.06. The van der Waals surface area contributed by atoms with Crippen molar-refractivity contribution in [3.8, 4) is 0 Å². The zero-order valence-electron chi connectivity index (χ0n) is 13.2. The molecule has 0 bridgehead atoms. The molecule has 0 amide bonds. The molecular weight excluding hydrogens is 282 g/mol. The van der Waals surface area contributed by atoms with Crippen LogP contribution < -0.4 is 5.32 Å². The van der Waals surface area contributed by atoms with E-state index >= 15 is 0 Å². The Morgan fingerprint density at radius 3 is 2.57 bits per heavy atom. The number of fused-ring (bicyclic) bond motifs is 1. The Labute approximate surface area is 128 Å². The van der Waals surface area contributed by atoms with Gasteiger partial charge in [0.05, 0.1) is 17.1 Å². The molecule has 0 fully saturated rings. The van der Waals surface area contributed by atoms with Gasteiger partial charge in [-0.15, -0.1) is 11.3 Å². The van der Waals surface area contributed by atoms with Crippen LogP contribution in [0, 0.1) is 27.7 Å². The Hall–Kier alpha value is -1.66. The Morgan fingerprint density at radius 2 is 1.90 bits per heavy atom. The fourth-order valence-corrected chi connectivity index (χ4v) is 3.59. The highest BCUT2D eigenvalue weighted by molar-refractivity contribution is 7.17. The van der Waals surface area contributed by atoms with Crippen molar-refractivity contribution in [3.05, 3.63) is 39.4 Å². The maximum atomic E-state index is 4.62. The van der Waals surface area contributed by atoms with Crippen molar-refractivity contribution >= 4 is 16.3 Å². The van der Waals surface area contributed by atoms with Crippen molar-refractivity contribution < 1.29 is 0 Å². The molecule has 3 heterocycles. The first-order valence-corrected chi connectivity index (χ1v) is 7.92. The summed E-state index contributed by atoms with van der Waals surface area (Å²) in [5.41, 5.74) is 5.96. The normalized spacial score (nSPS) is 11.7. The van der Waals surface area contributed by atoms with Gasteiger partial charge in [0, 0.05) is 42.5 Å². The SMILES string of the molecule is Cc1cn2c(CNCc3c(C)nn(C)c3C)c(C)nc2s1. The van der Waals surface area contributed by atoms with Gasteiger partial charge < -0.3 is 5.32 Å². The number of aryl methyl sites for hydroxylation is 4. The highest BCUT2D eigenvalue weighted by atomic mass is 32.1. The second-order valence-electron chi connectivity index (χ2n) is 5.51. The Kier molecular flexibility index (Phi) is 3.59. The monoisotopic (exact) mass is 303 g/mol. The molecule has 0 aliphatic heterocycles. The first-order valence-electron chi connectivity index (χ1n) is 7.11. The van der Waals surface area contributed by atoms with Crippen LogP contribution in [0.4, 0.5) is 0 Å². The summed E-state index contributed by atoms with van der Waals surface area (Å²) in [6.45, 7) is 10.0. The molecule has 0 saturated heterocycles. The topological polar surface area (TPSA) is 47.1 Å². The predicted molar refractivity (Wildman–Crippen MR) is 85.8 cm³/mol. The van der Waals surface area contributed by atoms with Crippen LogP contribution in [0.25, 0.3) is 4.96 Å². The van der Waals surface area contributed by atoms with Crippen molar-refractivity contribution in [3.63, 3.8) is 0 Å². The zero-order chi connectivity index (χ0) is 15.1. The van der Waals surface area contributed by atoms with E-state index in [1.165, 1.54) is 21.8 Å². The molecule has 3 rings (SSSR count). The number of imidazole rings is 1. The fourth-order valence-electron chi connectivity index (χ4n) is 2.70. The van der Waals surface area contributed by atoms with Gasteiger partial charge in [0.1, 0.15) is 0 Å². The Bertz CT molecular complexity index is 793. The Morgan fingerprint density at radius 1 is 1.14 bits per heavy atom. The summed E-state index contributed by atoms with van der Waals surface area (Å²) < 4.78 is 4.14. The summed E-state index contributed by atoms with van der Waals surface area (Å²) in [4.78, 5) is 6.99. The molecule has 3 aromatic heterocycles. The molecule has 0 aliphatic rings. The van der Waals surface area contributed by atoms with Gasteiger partial charge in [-0.05, 0) is 27.7 Å². The van der Waals surface area contributed by atoms with Gasteiger partial charge in [-0.1, -0.05) is 0 Å². The molecule has 0 atom stereocenters. The average molecular weight is 303 g/mol. The summed E-state index contributed by atoms with van der Waals surface area (Å²) in [6, 6.07) is 0. The van der Waals surface area contributed by atoms with E-state index in [0.717, 1.165) is 29.4 Å². The fraction of sp³-hybridized carbons (Fsp3) is 0.467. The molecule has 6 heteroatoms. The van der Waals surface area contributed by atoms with Crippen LogP contribution in [0.5, 0.6) is 0 Å². The summed E-state index contributed by atoms with van der Waals surface area (Å²) in [5.74, 6) is 0. The molecule has 0 radical (unpaired) electrons. The standard InChI is InChI=1S/C15H21N5S/c1-9-8-20-14(11(3)17-15(20)21-9)7-16-6-13-10(2)18-19(5)12(13)4/h8,16H,6-7H2,1-5H3. The van der Waals surface area contributed by atoms with Gasteiger partial charge >= 0.3 is 0 Å². The van der Waals surface area contributed by atoms with Crippen molar-refractivity contribution in [2.75, 3.05) is 0 Å². The van der Waals surface area contributed by atoms with Gasteiger partial charge in [-0.3, -0.25) is 9.08 Å². The van der Waals surface area contributed by atoms with Gasteiger partial charge in [-0.25, -0.2) is 4.98 Å². The van der Waals surface area contributed by atoms with Crippen molar-refractivity contribution in [1.82, 2.24) is 24.5 Å². The molecule has 1 N–H and O–H groups in total. The lowest BCUT2D eigenvalue weighted by molar-refractivity contribution is 0.665. The van der Waals surface area contributed by atoms with E-state index in [2.05, 4.69) is 53.7 Å². The van der Waals surface area contributed by atoms with Gasteiger partial charge in [0.2, 0.25) is 0 Å². The van der Waals surface area contributed by atoms with Crippen molar-refractivity contribution in [1.29, 1.82) is 0 Å². The molecular formula is C15H21N5S. The van der Waals surface area contributed by atoms with E-state index in [9.17, 15) is 0 Å². The highest BCUT2D eigenvalue weighted by Crippen LogP contribution is 2.20. The number of rotatable bonds is 4. The van der Waals surface area contributed by atoms with Crippen LogP contribution in [0.2, 0.25) is 0 Å². The van der Waals surface area contributed by atoms with Crippen molar-refractivity contribution in [2.45, 2.75) is 40.8 Å². The maximum Gasteiger partial charge on any atom is 0.194 e. The molecule has 112 valence electrons. The van der Waals surface area contributed by atoms with Crippen LogP contribution >= 0.6 is 11.3 Å². The maximum absolute atomic E-state index is 4.62. The van der Waals surface area contributed by atoms with Crippen molar-refractivity contribution in [2.24, 2.45) is 7.05 Å². The first-order chi connectivity index (χ1) is 9.97. The van der Waals surface area contributed by atoms with Gasteiger partial charge in [0.15, 0.2) is 4.96 Å². The Balaban J connectivity index is 1.76. The molecule has 5 nitrogen and oxygen atoms in total. The second kappa shape index (κ2) is 5.27. The molecule has 0 saturated carbocycles. The molecule has 0 unspecified atom stereocenters. The minimum absolute atomic E-state index is 0.816. The molecule has 0 aliphatic carbocycles. The molecule has 21 heavy (non-hydrogen) atoms. The van der Waals surface area contributed by atoms with Crippen LogP contribution in [0.15, 0.2) is 6.20 Å². The molecule has 3 aromatic rings. The second-order valence-corrected chi connectivity index (χ2v) is 6.73. The van der Waals surface area contributed by atoms with Crippen LogP contribution in [0.3, 0.4) is 0 Å². The molecule has 0 spiro atoms. The van der Waals surface area contributed by atoms with E-state index in [1.807, 2.05) is 11.7 Å². The summed E-state index contributed by atoms with van der Waals surface area (Å²) >= 11 is 1.74. The third-order valence-corrected chi connectivity index (χ3v) is 4.89. The molecule has 0 aromatic carbocycles. The largest absolute Gasteiger partial charge is 0.307 e. The van der Waals surface area contributed by atoms with Gasteiger partial charge in [-0.2, -0.15) is 5.10 Å². The lowest BCUT2D eigenvalue weighted by Crippen LogP contribution is -2.15. The van der Waals surface area contributed by atoms with E-state index in [4.69, 9.17) is 0 Å². The summed E-state index contributed by atoms with van der Waals surface area (Å²) in [6.07, 6.45) is 2.16. The predicted octanol–water partition coefficient (Wildman–Crippen LogP) is 2.65. The number of thiazole rings is 1. The minimum Gasteiger partial charge on any atom is -0.307 e. The third-order valence-electron chi connectivity index (χ3n) is 3.99. The zero-order valence-corrected chi connectivity index (χ0v) is 14.0. The van der Waals surface area contributed by atoms with E-state index in [1.54, 1.807) is 11.3 Å². The average Bonchev–Trinajstić information content (AvgIpc) is 2.97. The third kappa shape index (κ3) is 2.49. The minimum atomic E-state index is 0.816. The number of aromatic nitrogens is 4.